The number of esters is 1. The maximum absolute atomic E-state index is 14.1. The van der Waals surface area contributed by atoms with Gasteiger partial charge < -0.3 is 32.6 Å². The number of nitrogens with zero attached hydrogens (tertiary/aromatic N) is 1. The average Bonchev–Trinajstić information content (AvgIpc) is 3.00. The Bertz CT molecular complexity index is 1130. The number of amides is 2. The van der Waals surface area contributed by atoms with E-state index >= 15 is 0 Å². The number of nitrogens with one attached hydrogen (secondary N) is 3. The predicted molar refractivity (Wildman–Crippen MR) is 180 cm³/mol. The second-order valence-electron chi connectivity index (χ2n) is 12.7. The molecule has 9 N–H and O–H groups in total. The van der Waals surface area contributed by atoms with E-state index in [4.69, 9.17) is 27.3 Å². The van der Waals surface area contributed by atoms with Gasteiger partial charge in [0.05, 0.1) is 6.10 Å². The third kappa shape index (κ3) is 12.5. The number of benzene rings is 1. The topological polar surface area (TPSA) is 199 Å². The van der Waals surface area contributed by atoms with Crippen molar-refractivity contribution in [1.29, 1.82) is 5.41 Å². The monoisotopic (exact) mass is 647 g/mol. The van der Waals surface area contributed by atoms with Crippen LogP contribution in [0.4, 0.5) is 0 Å². The van der Waals surface area contributed by atoms with Crippen LogP contribution in [0.2, 0.25) is 0 Å². The van der Waals surface area contributed by atoms with Crippen LogP contribution in [0.5, 0.6) is 0 Å². The maximum Gasteiger partial charge on any atom is 0.328 e. The first-order valence-corrected chi connectivity index (χ1v) is 16.3. The highest BCUT2D eigenvalue weighted by Gasteiger charge is 2.37. The summed E-state index contributed by atoms with van der Waals surface area (Å²) in [6, 6.07) is 5.86. The first-order valence-electron chi connectivity index (χ1n) is 16.3. The van der Waals surface area contributed by atoms with Gasteiger partial charge in [-0.2, -0.15) is 0 Å². The number of carbonyl (C=O) groups excluding carboxylic acids is 3. The van der Waals surface area contributed by atoms with Crippen LogP contribution < -0.4 is 27.8 Å². The van der Waals surface area contributed by atoms with Gasteiger partial charge in [-0.05, 0) is 76.2 Å². The van der Waals surface area contributed by atoms with Crippen molar-refractivity contribution in [2.24, 2.45) is 39.9 Å². The minimum Gasteiger partial charge on any atom is -0.461 e. The number of hydrogen-bond donors (Lipinski definition) is 6. The fourth-order valence-electron chi connectivity index (χ4n) is 6.54. The lowest BCUT2D eigenvalue weighted by atomic mass is 9.76. The summed E-state index contributed by atoms with van der Waals surface area (Å²) in [5, 5.41) is 13.8. The molecule has 0 spiro atoms. The highest BCUT2D eigenvalue weighted by atomic mass is 35.5. The molecule has 2 saturated carbocycles. The average molecular weight is 648 g/mol. The minimum absolute atomic E-state index is 0. The van der Waals surface area contributed by atoms with Gasteiger partial charge in [0.25, 0.3) is 0 Å². The van der Waals surface area contributed by atoms with E-state index in [1.807, 2.05) is 24.3 Å². The van der Waals surface area contributed by atoms with E-state index in [2.05, 4.69) is 15.6 Å². The second kappa shape index (κ2) is 19.2. The third-order valence-electron chi connectivity index (χ3n) is 8.88. The van der Waals surface area contributed by atoms with Crippen LogP contribution in [0.1, 0.15) is 102 Å². The minimum atomic E-state index is -0.879. The van der Waals surface area contributed by atoms with Gasteiger partial charge in [0.2, 0.25) is 11.8 Å². The Labute approximate surface area is 274 Å². The van der Waals surface area contributed by atoms with Gasteiger partial charge in [-0.15, -0.1) is 12.4 Å². The lowest BCUT2D eigenvalue weighted by Gasteiger charge is -2.34. The Morgan fingerprint density at radius 1 is 0.889 bits per heavy atom. The SMILES string of the molecule is CC(C)OC(=O)[C@H](CCCN=C(N)N)NC(=O)[C@@H](NC(=O)C(Cc1ccc(C(=N)N)cc1)C1CCCCC1)C1CCCCC1.Cl. The zero-order valence-electron chi connectivity index (χ0n) is 26.9. The second-order valence-corrected chi connectivity index (χ2v) is 12.7. The molecule has 3 atom stereocenters. The zero-order chi connectivity index (χ0) is 32.1. The van der Waals surface area contributed by atoms with Gasteiger partial charge in [0, 0.05) is 18.0 Å². The van der Waals surface area contributed by atoms with Crippen LogP contribution in [-0.4, -0.2) is 54.3 Å². The van der Waals surface area contributed by atoms with Crippen molar-refractivity contribution in [3.8, 4) is 0 Å². The number of amidine groups is 1. The summed E-state index contributed by atoms with van der Waals surface area (Å²) in [4.78, 5) is 45.1. The highest BCUT2D eigenvalue weighted by molar-refractivity contribution is 5.95. The summed E-state index contributed by atoms with van der Waals surface area (Å²) >= 11 is 0. The Hall–Kier alpha value is -3.34. The molecule has 1 aromatic rings. The number of nitrogen functional groups attached to an aromatic ring is 1. The summed E-state index contributed by atoms with van der Waals surface area (Å²) in [6.07, 6.45) is 11.1. The Morgan fingerprint density at radius 3 is 2.00 bits per heavy atom. The summed E-state index contributed by atoms with van der Waals surface area (Å²) < 4.78 is 5.46. The van der Waals surface area contributed by atoms with Crippen molar-refractivity contribution in [3.63, 3.8) is 0 Å². The zero-order valence-corrected chi connectivity index (χ0v) is 27.7. The molecule has 1 aromatic carbocycles. The maximum atomic E-state index is 14.1. The Kier molecular flexibility index (Phi) is 16.2. The predicted octanol–water partition coefficient (Wildman–Crippen LogP) is 3.69. The number of nitrogens with two attached hydrogens (primary N) is 3. The molecule has 0 heterocycles. The van der Waals surface area contributed by atoms with Crippen molar-refractivity contribution < 1.29 is 19.1 Å². The molecule has 0 aliphatic heterocycles. The van der Waals surface area contributed by atoms with Crippen molar-refractivity contribution in [2.45, 2.75) is 116 Å². The molecule has 0 bridgehead atoms. The van der Waals surface area contributed by atoms with Crippen molar-refractivity contribution in [3.05, 3.63) is 35.4 Å². The number of halogens is 1. The fourth-order valence-corrected chi connectivity index (χ4v) is 6.54. The standard InChI is InChI=1S/C33H53N7O4.ClH/c1-21(2)44-32(43)27(14-9-19-38-33(36)37)39-31(42)28(24-12-7-4-8-13-24)40-30(41)26(23-10-5-3-6-11-23)20-22-15-17-25(18-16-22)29(34)35;/h15-18,21,23-24,26-28H,3-14,19-20H2,1-2H3,(H3,34,35)(H,39,42)(H,40,41)(H4,36,37,38);1H/t26?,27-,28-;/m0./s1. The van der Waals surface area contributed by atoms with E-state index in [1.54, 1.807) is 13.8 Å². The van der Waals surface area contributed by atoms with Gasteiger partial charge in [0.15, 0.2) is 5.96 Å². The van der Waals surface area contributed by atoms with Crippen LogP contribution in [0.25, 0.3) is 0 Å². The first kappa shape index (κ1) is 37.8. The van der Waals surface area contributed by atoms with Gasteiger partial charge in [0.1, 0.15) is 17.9 Å². The molecule has 45 heavy (non-hydrogen) atoms. The van der Waals surface area contributed by atoms with E-state index in [0.717, 1.165) is 63.4 Å². The van der Waals surface area contributed by atoms with E-state index in [1.165, 1.54) is 6.42 Å². The molecule has 2 aliphatic carbocycles. The fraction of sp³-hybridized carbons (Fsp3) is 0.667. The molecule has 2 fully saturated rings. The lowest BCUT2D eigenvalue weighted by molar-refractivity contribution is -0.152. The van der Waals surface area contributed by atoms with Crippen molar-refractivity contribution >= 4 is 42.0 Å². The van der Waals surface area contributed by atoms with Gasteiger partial charge in [-0.1, -0.05) is 62.8 Å². The molecule has 0 aromatic heterocycles. The summed E-state index contributed by atoms with van der Waals surface area (Å²) in [7, 11) is 0. The van der Waals surface area contributed by atoms with Gasteiger partial charge in [-0.3, -0.25) is 20.0 Å². The number of ether oxygens (including phenoxy) is 1. The van der Waals surface area contributed by atoms with Crippen LogP contribution in [0.3, 0.4) is 0 Å². The third-order valence-corrected chi connectivity index (χ3v) is 8.88. The molecule has 2 aliphatic rings. The highest BCUT2D eigenvalue weighted by Crippen LogP contribution is 2.33. The Morgan fingerprint density at radius 2 is 1.47 bits per heavy atom. The molecule has 12 heteroatoms. The van der Waals surface area contributed by atoms with Crippen LogP contribution in [0, 0.1) is 23.2 Å². The van der Waals surface area contributed by atoms with Crippen LogP contribution >= 0.6 is 12.4 Å². The van der Waals surface area contributed by atoms with E-state index < -0.39 is 18.1 Å². The number of aliphatic imine (C=N–C) groups is 1. The molecular formula is C33H54ClN7O4. The first-order chi connectivity index (χ1) is 21.0. The van der Waals surface area contributed by atoms with E-state index in [0.29, 0.717) is 31.4 Å². The normalized spacial score (nSPS) is 17.7. The number of guanidine groups is 1. The molecule has 0 saturated heterocycles. The van der Waals surface area contributed by atoms with Crippen molar-refractivity contribution in [2.75, 3.05) is 6.54 Å². The number of hydrogen-bond acceptors (Lipinski definition) is 6. The smallest absolute Gasteiger partial charge is 0.328 e. The largest absolute Gasteiger partial charge is 0.461 e. The van der Waals surface area contributed by atoms with Gasteiger partial charge >= 0.3 is 5.97 Å². The number of rotatable bonds is 15. The molecule has 1 unspecified atom stereocenters. The lowest BCUT2D eigenvalue weighted by Crippen LogP contribution is -2.56. The molecule has 11 nitrogen and oxygen atoms in total. The summed E-state index contributed by atoms with van der Waals surface area (Å²) in [5.41, 5.74) is 18.2. The van der Waals surface area contributed by atoms with E-state index in [-0.39, 0.29) is 59.9 Å². The molecule has 2 amide bonds. The quantitative estimate of drug-likeness (QED) is 0.0721. The van der Waals surface area contributed by atoms with Crippen LogP contribution in [0.15, 0.2) is 29.3 Å². The molecule has 3 rings (SSSR count). The Balaban J connectivity index is 0.00000705. The van der Waals surface area contributed by atoms with E-state index in [9.17, 15) is 14.4 Å². The molecule has 0 radical (unpaired) electrons. The van der Waals surface area contributed by atoms with Crippen molar-refractivity contribution in [1.82, 2.24) is 10.6 Å². The summed E-state index contributed by atoms with van der Waals surface area (Å²) in [5.74, 6) is -1.10. The number of carbonyl (C=O) groups is 3. The van der Waals surface area contributed by atoms with Gasteiger partial charge in [-0.25, -0.2) is 4.79 Å². The van der Waals surface area contributed by atoms with Crippen LogP contribution in [-0.2, 0) is 25.5 Å². The molecular weight excluding hydrogens is 594 g/mol. The molecule has 252 valence electrons. The summed E-state index contributed by atoms with van der Waals surface area (Å²) in [6.45, 7) is 3.85.